The van der Waals surface area contributed by atoms with E-state index in [1.165, 1.54) is 24.0 Å². The summed E-state index contributed by atoms with van der Waals surface area (Å²) < 4.78 is 0. The number of hydrogen-bond acceptors (Lipinski definition) is 2. The van der Waals surface area contributed by atoms with Crippen molar-refractivity contribution in [3.63, 3.8) is 0 Å². The summed E-state index contributed by atoms with van der Waals surface area (Å²) in [6.45, 7) is 18.8. The predicted molar refractivity (Wildman–Crippen MR) is 133 cm³/mol. The largest absolute Gasteiger partial charge is 0.481 e. The number of carboxylic acid groups (broad SMARTS) is 1. The van der Waals surface area contributed by atoms with E-state index in [1.54, 1.807) is 0 Å². The van der Waals surface area contributed by atoms with Crippen molar-refractivity contribution >= 4 is 5.97 Å². The van der Waals surface area contributed by atoms with Crippen molar-refractivity contribution in [2.24, 2.45) is 50.7 Å². The fourth-order valence-electron chi connectivity index (χ4n) is 10.6. The van der Waals surface area contributed by atoms with E-state index in [-0.39, 0.29) is 39.6 Å². The molecule has 184 valence electrons. The average Bonchev–Trinajstić information content (AvgIpc) is 2.74. The normalized spacial score (nSPS) is 53.1. The minimum Gasteiger partial charge on any atom is -0.481 e. The molecule has 0 bridgehead atoms. The maximum atomic E-state index is 12.8. The van der Waals surface area contributed by atoms with Gasteiger partial charge in [-0.2, -0.15) is 0 Å². The summed E-state index contributed by atoms with van der Waals surface area (Å²) in [5, 5.41) is 21.4. The standard InChI is InChI=1S/C30H46O3/c1-18-10-15-30(25(32)33)17-16-28(6)20(24(30)19(18)2)8-9-22-27(5)13-12-23(31)26(3,4)21(27)11-14-29(22,28)7/h8,19,21-24,31H,1,9-17H2,2-7H3,(H,32,33)/t19-,21-,22+,23+,24-,27-,28+,29+,30-/m0/s1. The highest BCUT2D eigenvalue weighted by atomic mass is 16.4. The van der Waals surface area contributed by atoms with Gasteiger partial charge in [0.1, 0.15) is 0 Å². The third-order valence-electron chi connectivity index (χ3n) is 13.0. The van der Waals surface area contributed by atoms with Gasteiger partial charge < -0.3 is 10.2 Å². The average molecular weight is 455 g/mol. The highest BCUT2D eigenvalue weighted by Crippen LogP contribution is 2.75. The molecule has 4 saturated carbocycles. The third-order valence-corrected chi connectivity index (χ3v) is 13.0. The second-order valence-electron chi connectivity index (χ2n) is 14.1. The van der Waals surface area contributed by atoms with Crippen LogP contribution in [0.5, 0.6) is 0 Å². The molecule has 5 aliphatic carbocycles. The molecule has 0 unspecified atom stereocenters. The number of carboxylic acids is 1. The van der Waals surface area contributed by atoms with Gasteiger partial charge in [0.15, 0.2) is 0 Å². The van der Waals surface area contributed by atoms with Crippen LogP contribution in [-0.4, -0.2) is 22.3 Å². The summed E-state index contributed by atoms with van der Waals surface area (Å²) in [7, 11) is 0. The Kier molecular flexibility index (Phi) is 5.01. The first kappa shape index (κ1) is 23.6. The molecule has 33 heavy (non-hydrogen) atoms. The van der Waals surface area contributed by atoms with Crippen molar-refractivity contribution < 1.29 is 15.0 Å². The fraction of sp³-hybridized carbons (Fsp3) is 0.833. The summed E-state index contributed by atoms with van der Waals surface area (Å²) in [4.78, 5) is 12.8. The Bertz CT molecular complexity index is 916. The van der Waals surface area contributed by atoms with Gasteiger partial charge in [0.05, 0.1) is 11.5 Å². The van der Waals surface area contributed by atoms with Gasteiger partial charge in [-0.25, -0.2) is 0 Å². The summed E-state index contributed by atoms with van der Waals surface area (Å²) in [5.74, 6) is 0.865. The lowest BCUT2D eigenvalue weighted by Crippen LogP contribution is -2.65. The molecule has 0 aliphatic heterocycles. The summed E-state index contributed by atoms with van der Waals surface area (Å²) in [6.07, 6.45) is 11.1. The summed E-state index contributed by atoms with van der Waals surface area (Å²) in [5.41, 5.74) is 2.48. The Morgan fingerprint density at radius 3 is 2.36 bits per heavy atom. The van der Waals surface area contributed by atoms with Crippen molar-refractivity contribution in [1.82, 2.24) is 0 Å². The van der Waals surface area contributed by atoms with Crippen LogP contribution in [-0.2, 0) is 4.79 Å². The maximum absolute atomic E-state index is 12.8. The Hall–Kier alpha value is -1.09. The van der Waals surface area contributed by atoms with Crippen LogP contribution in [0.3, 0.4) is 0 Å². The second-order valence-corrected chi connectivity index (χ2v) is 14.1. The Morgan fingerprint density at radius 1 is 1.00 bits per heavy atom. The molecule has 0 heterocycles. The zero-order chi connectivity index (χ0) is 24.2. The van der Waals surface area contributed by atoms with E-state index in [1.807, 2.05) is 0 Å². The van der Waals surface area contributed by atoms with E-state index in [0.717, 1.165) is 44.9 Å². The maximum Gasteiger partial charge on any atom is 0.310 e. The van der Waals surface area contributed by atoms with E-state index in [0.29, 0.717) is 11.8 Å². The molecule has 9 atom stereocenters. The Labute approximate surface area is 201 Å². The quantitative estimate of drug-likeness (QED) is 0.419. The van der Waals surface area contributed by atoms with E-state index >= 15 is 0 Å². The molecule has 4 fully saturated rings. The number of rotatable bonds is 1. The van der Waals surface area contributed by atoms with Crippen LogP contribution >= 0.6 is 0 Å². The molecule has 2 N–H and O–H groups in total. The van der Waals surface area contributed by atoms with Crippen LogP contribution in [0.4, 0.5) is 0 Å². The van der Waals surface area contributed by atoms with Gasteiger partial charge in [0, 0.05) is 5.92 Å². The summed E-state index contributed by atoms with van der Waals surface area (Å²) >= 11 is 0. The van der Waals surface area contributed by atoms with Crippen LogP contribution in [0.2, 0.25) is 0 Å². The third kappa shape index (κ3) is 2.69. The smallest absolute Gasteiger partial charge is 0.310 e. The van der Waals surface area contributed by atoms with Gasteiger partial charge in [0.2, 0.25) is 0 Å². The molecule has 3 nitrogen and oxygen atoms in total. The minimum atomic E-state index is -0.618. The highest BCUT2D eigenvalue weighted by Gasteiger charge is 2.69. The van der Waals surface area contributed by atoms with Crippen LogP contribution in [0.15, 0.2) is 23.8 Å². The molecule has 0 radical (unpaired) electrons. The highest BCUT2D eigenvalue weighted by molar-refractivity contribution is 5.77. The molecule has 0 aromatic rings. The lowest BCUT2D eigenvalue weighted by molar-refractivity contribution is -0.204. The van der Waals surface area contributed by atoms with Gasteiger partial charge in [-0.05, 0) is 97.2 Å². The summed E-state index contributed by atoms with van der Waals surface area (Å²) in [6, 6.07) is 0. The lowest BCUT2D eigenvalue weighted by atomic mass is 9.33. The zero-order valence-electron chi connectivity index (χ0n) is 21.8. The molecule has 5 aliphatic rings. The van der Waals surface area contributed by atoms with Gasteiger partial charge in [-0.1, -0.05) is 65.3 Å². The van der Waals surface area contributed by atoms with E-state index < -0.39 is 11.4 Å². The zero-order valence-corrected chi connectivity index (χ0v) is 21.8. The molecule has 3 heteroatoms. The van der Waals surface area contributed by atoms with Crippen LogP contribution in [0.25, 0.3) is 0 Å². The van der Waals surface area contributed by atoms with Gasteiger partial charge >= 0.3 is 5.97 Å². The molecule has 0 aromatic heterocycles. The molecule has 0 saturated heterocycles. The minimum absolute atomic E-state index is 0.0413. The molecular weight excluding hydrogens is 408 g/mol. The molecule has 0 amide bonds. The number of fused-ring (bicyclic) bond motifs is 7. The van der Waals surface area contributed by atoms with Gasteiger partial charge in [0.25, 0.3) is 0 Å². The monoisotopic (exact) mass is 454 g/mol. The van der Waals surface area contributed by atoms with Crippen LogP contribution < -0.4 is 0 Å². The predicted octanol–water partition coefficient (Wildman–Crippen LogP) is 7.01. The van der Waals surface area contributed by atoms with Crippen molar-refractivity contribution in [1.29, 1.82) is 0 Å². The second kappa shape index (κ2) is 6.99. The lowest BCUT2D eigenvalue weighted by Gasteiger charge is -2.71. The van der Waals surface area contributed by atoms with Crippen molar-refractivity contribution in [3.05, 3.63) is 23.8 Å². The number of hydrogen-bond donors (Lipinski definition) is 2. The van der Waals surface area contributed by atoms with Crippen LogP contribution in [0, 0.1) is 50.7 Å². The molecule has 0 aromatic carbocycles. The first-order valence-corrected chi connectivity index (χ1v) is 13.6. The van der Waals surface area contributed by atoms with Gasteiger partial charge in [-0.3, -0.25) is 4.79 Å². The van der Waals surface area contributed by atoms with Crippen LogP contribution in [0.1, 0.15) is 99.3 Å². The van der Waals surface area contributed by atoms with Crippen molar-refractivity contribution in [2.75, 3.05) is 0 Å². The number of carbonyl (C=O) groups is 1. The fourth-order valence-corrected chi connectivity index (χ4v) is 10.6. The topological polar surface area (TPSA) is 57.5 Å². The number of aliphatic carboxylic acids is 1. The van der Waals surface area contributed by atoms with E-state index in [4.69, 9.17) is 0 Å². The first-order chi connectivity index (χ1) is 15.3. The van der Waals surface area contributed by atoms with Crippen molar-refractivity contribution in [3.8, 4) is 0 Å². The first-order valence-electron chi connectivity index (χ1n) is 13.6. The van der Waals surface area contributed by atoms with Gasteiger partial charge in [-0.15, -0.1) is 0 Å². The Balaban J connectivity index is 1.62. The van der Waals surface area contributed by atoms with Crippen molar-refractivity contribution in [2.45, 2.75) is 105 Å². The molecule has 5 rings (SSSR count). The molecule has 0 spiro atoms. The number of aliphatic hydroxyl groups excluding tert-OH is 1. The Morgan fingerprint density at radius 2 is 1.70 bits per heavy atom. The number of allylic oxidation sites excluding steroid dienone is 3. The van der Waals surface area contributed by atoms with E-state index in [9.17, 15) is 15.0 Å². The SMILES string of the molecule is C=C1CC[C@]2(C(=O)O)CC[C@]3(C)C(=CC[C@@H]4[C@@]5(C)CC[C@@H](O)C(C)(C)[C@@H]5CC[C@]43C)[C@@H]2[C@H]1C. The molecular formula is C30H46O3. The number of aliphatic hydroxyl groups is 1. The van der Waals surface area contributed by atoms with E-state index in [2.05, 4.69) is 54.2 Å².